The van der Waals surface area contributed by atoms with Gasteiger partial charge in [-0.25, -0.2) is 9.59 Å². The van der Waals surface area contributed by atoms with E-state index in [9.17, 15) is 9.59 Å². The molecule has 0 aromatic carbocycles. The van der Waals surface area contributed by atoms with Crippen molar-refractivity contribution in [2.24, 2.45) is 17.8 Å². The molecular formula is C23H34O5. The fourth-order valence-corrected chi connectivity index (χ4v) is 5.51. The zero-order valence-corrected chi connectivity index (χ0v) is 17.3. The first-order chi connectivity index (χ1) is 13.3. The highest BCUT2D eigenvalue weighted by molar-refractivity contribution is 5.87. The Bertz CT molecular complexity index is 594. The quantitative estimate of drug-likeness (QED) is 0.516. The first-order valence-corrected chi connectivity index (χ1v) is 10.6. The van der Waals surface area contributed by atoms with Gasteiger partial charge in [-0.1, -0.05) is 13.2 Å². The Morgan fingerprint density at radius 2 is 1.50 bits per heavy atom. The molecule has 1 unspecified atom stereocenters. The van der Waals surface area contributed by atoms with Gasteiger partial charge in [-0.2, -0.15) is 0 Å². The molecule has 0 N–H and O–H groups in total. The smallest absolute Gasteiger partial charge is 0.333 e. The number of rotatable bonds is 5. The van der Waals surface area contributed by atoms with E-state index in [0.717, 1.165) is 56.5 Å². The van der Waals surface area contributed by atoms with Crippen LogP contribution < -0.4 is 0 Å². The average Bonchev–Trinajstić information content (AvgIpc) is 3.12. The van der Waals surface area contributed by atoms with Crippen molar-refractivity contribution >= 4 is 11.9 Å². The summed E-state index contributed by atoms with van der Waals surface area (Å²) in [5, 5.41) is 0. The molecule has 0 radical (unpaired) electrons. The summed E-state index contributed by atoms with van der Waals surface area (Å²) in [6, 6.07) is 0. The highest BCUT2D eigenvalue weighted by Crippen LogP contribution is 2.57. The fourth-order valence-electron chi connectivity index (χ4n) is 5.51. The molecule has 0 aromatic heterocycles. The Balaban J connectivity index is 0.000000169. The zero-order valence-electron chi connectivity index (χ0n) is 17.3. The Morgan fingerprint density at radius 3 is 1.93 bits per heavy atom. The lowest BCUT2D eigenvalue weighted by atomic mass is 9.54. The lowest BCUT2D eigenvalue weighted by Crippen LogP contribution is -2.52. The Morgan fingerprint density at radius 1 is 0.964 bits per heavy atom. The monoisotopic (exact) mass is 390 g/mol. The van der Waals surface area contributed by atoms with Gasteiger partial charge < -0.3 is 14.2 Å². The summed E-state index contributed by atoms with van der Waals surface area (Å²) in [7, 11) is 0. The van der Waals surface area contributed by atoms with Crippen LogP contribution in [0.3, 0.4) is 0 Å². The maximum atomic E-state index is 11.7. The van der Waals surface area contributed by atoms with Crippen LogP contribution in [0.2, 0.25) is 0 Å². The van der Waals surface area contributed by atoms with Gasteiger partial charge in [-0.15, -0.1) is 0 Å². The van der Waals surface area contributed by atoms with Gasteiger partial charge in [0.15, 0.2) is 0 Å². The summed E-state index contributed by atoms with van der Waals surface area (Å²) in [5.74, 6) is 1.96. The van der Waals surface area contributed by atoms with E-state index in [1.807, 2.05) is 0 Å². The maximum Gasteiger partial charge on any atom is 0.333 e. The number of carbonyl (C=O) groups is 2. The third kappa shape index (κ3) is 5.25. The zero-order chi connectivity index (χ0) is 20.3. The summed E-state index contributed by atoms with van der Waals surface area (Å²) in [6.45, 7) is 11.7. The van der Waals surface area contributed by atoms with Crippen LogP contribution >= 0.6 is 0 Å². The third-order valence-corrected chi connectivity index (χ3v) is 6.41. The van der Waals surface area contributed by atoms with E-state index in [-0.39, 0.29) is 23.6 Å². The second kappa shape index (κ2) is 8.81. The second-order valence-electron chi connectivity index (χ2n) is 9.28. The normalized spacial score (nSPS) is 34.9. The van der Waals surface area contributed by atoms with Crippen molar-refractivity contribution in [3.05, 3.63) is 24.3 Å². The number of esters is 2. The molecule has 156 valence electrons. The molecule has 1 saturated heterocycles. The van der Waals surface area contributed by atoms with Gasteiger partial charge in [0.2, 0.25) is 0 Å². The third-order valence-electron chi connectivity index (χ3n) is 6.41. The highest BCUT2D eigenvalue weighted by Gasteiger charge is 2.53. The van der Waals surface area contributed by atoms with Crippen molar-refractivity contribution in [2.75, 3.05) is 13.2 Å². The lowest BCUT2D eigenvalue weighted by Gasteiger charge is -2.55. The first-order valence-electron chi connectivity index (χ1n) is 10.6. The van der Waals surface area contributed by atoms with Crippen LogP contribution in [0.4, 0.5) is 0 Å². The van der Waals surface area contributed by atoms with Crippen LogP contribution in [0.1, 0.15) is 65.2 Å². The molecule has 5 heteroatoms. The number of ether oxygens (including phenoxy) is 3. The predicted octanol–water partition coefficient (Wildman–Crippen LogP) is 4.36. The van der Waals surface area contributed by atoms with E-state index in [1.54, 1.807) is 13.8 Å². The van der Waals surface area contributed by atoms with Crippen molar-refractivity contribution in [1.82, 2.24) is 0 Å². The maximum absolute atomic E-state index is 11.7. The molecule has 0 aromatic rings. The fraction of sp³-hybridized carbons (Fsp3) is 0.739. The molecule has 1 heterocycles. The van der Waals surface area contributed by atoms with Crippen LogP contribution in [-0.2, 0) is 23.8 Å². The van der Waals surface area contributed by atoms with Crippen LogP contribution in [-0.4, -0.2) is 36.9 Å². The van der Waals surface area contributed by atoms with E-state index in [4.69, 9.17) is 14.2 Å². The SMILES string of the molecule is C=C(C)C(=O)OC12CC3CC(CC(C3)C1)C2.C=C(C)C(=O)OCC1CCCO1. The van der Waals surface area contributed by atoms with E-state index >= 15 is 0 Å². The molecular weight excluding hydrogens is 356 g/mol. The number of hydrogen-bond acceptors (Lipinski definition) is 5. The lowest BCUT2D eigenvalue weighted by molar-refractivity contribution is -0.182. The van der Waals surface area contributed by atoms with Crippen molar-refractivity contribution in [1.29, 1.82) is 0 Å². The Kier molecular flexibility index (Phi) is 6.64. The topological polar surface area (TPSA) is 61.8 Å². The Hall–Kier alpha value is -1.62. The van der Waals surface area contributed by atoms with Crippen molar-refractivity contribution in [2.45, 2.75) is 76.9 Å². The largest absolute Gasteiger partial charge is 0.460 e. The summed E-state index contributed by atoms with van der Waals surface area (Å²) in [5.41, 5.74) is 0.869. The van der Waals surface area contributed by atoms with Crippen LogP contribution in [0, 0.1) is 17.8 Å². The number of hydrogen-bond donors (Lipinski definition) is 0. The van der Waals surface area contributed by atoms with E-state index in [2.05, 4.69) is 13.2 Å². The molecule has 28 heavy (non-hydrogen) atoms. The van der Waals surface area contributed by atoms with Crippen LogP contribution in [0.15, 0.2) is 24.3 Å². The molecule has 0 spiro atoms. The molecule has 4 aliphatic carbocycles. The van der Waals surface area contributed by atoms with Crippen molar-refractivity contribution < 1.29 is 23.8 Å². The highest BCUT2D eigenvalue weighted by atomic mass is 16.6. The molecule has 5 aliphatic rings. The first kappa shape index (κ1) is 21.1. The molecule has 5 fully saturated rings. The molecule has 0 amide bonds. The van der Waals surface area contributed by atoms with E-state index < -0.39 is 0 Å². The van der Waals surface area contributed by atoms with Gasteiger partial charge in [-0.05, 0) is 83.0 Å². The van der Waals surface area contributed by atoms with Gasteiger partial charge in [-0.3, -0.25) is 0 Å². The molecule has 4 bridgehead atoms. The van der Waals surface area contributed by atoms with E-state index in [0.29, 0.717) is 17.8 Å². The van der Waals surface area contributed by atoms with Gasteiger partial charge in [0.05, 0.1) is 6.10 Å². The van der Waals surface area contributed by atoms with E-state index in [1.165, 1.54) is 19.3 Å². The molecule has 1 aliphatic heterocycles. The number of carbonyl (C=O) groups excluding carboxylic acids is 2. The van der Waals surface area contributed by atoms with Crippen molar-refractivity contribution in [3.8, 4) is 0 Å². The predicted molar refractivity (Wildman–Crippen MR) is 107 cm³/mol. The van der Waals surface area contributed by atoms with Gasteiger partial charge in [0, 0.05) is 17.8 Å². The van der Waals surface area contributed by atoms with Crippen molar-refractivity contribution in [3.63, 3.8) is 0 Å². The van der Waals surface area contributed by atoms with Gasteiger partial charge in [0.1, 0.15) is 12.2 Å². The van der Waals surface area contributed by atoms with Crippen LogP contribution in [0.5, 0.6) is 0 Å². The molecule has 5 nitrogen and oxygen atoms in total. The summed E-state index contributed by atoms with van der Waals surface area (Å²) in [6.07, 6.45) is 9.62. The summed E-state index contributed by atoms with van der Waals surface area (Å²) in [4.78, 5) is 22.6. The second-order valence-corrected chi connectivity index (χ2v) is 9.28. The average molecular weight is 391 g/mol. The summed E-state index contributed by atoms with van der Waals surface area (Å²) >= 11 is 0. The van der Waals surface area contributed by atoms with Crippen LogP contribution in [0.25, 0.3) is 0 Å². The standard InChI is InChI=1S/C14H20O2.C9H14O3/c1-9(2)13(15)16-14-6-10-3-11(7-14)5-12(4-10)8-14;1-7(2)9(10)12-6-8-4-3-5-11-8/h10-12H,1,3-8H2,2H3;8H,1,3-6H2,2H3. The van der Waals surface area contributed by atoms with Gasteiger partial charge >= 0.3 is 11.9 Å². The summed E-state index contributed by atoms with van der Waals surface area (Å²) < 4.78 is 16.0. The minimum Gasteiger partial charge on any atom is -0.460 e. The molecule has 1 atom stereocenters. The van der Waals surface area contributed by atoms with Gasteiger partial charge in [0.25, 0.3) is 0 Å². The molecule has 5 rings (SSSR count). The minimum atomic E-state index is -0.328. The minimum absolute atomic E-state index is 0.105. The Labute approximate surface area is 168 Å². The molecule has 4 saturated carbocycles.